The summed E-state index contributed by atoms with van der Waals surface area (Å²) in [6.07, 6.45) is 0.196. The van der Waals surface area contributed by atoms with Crippen LogP contribution in [0.5, 0.6) is 0 Å². The fraction of sp³-hybridized carbons (Fsp3) is 0.412. The third-order valence-electron chi connectivity index (χ3n) is 4.04. The minimum Gasteiger partial charge on any atom is -0.375 e. The van der Waals surface area contributed by atoms with Gasteiger partial charge < -0.3 is 9.64 Å². The Hall–Kier alpha value is -1.57. The van der Waals surface area contributed by atoms with Crippen LogP contribution in [-0.2, 0) is 14.8 Å². The molecular formula is C17H22N2O3S2. The molecule has 1 aromatic carbocycles. The molecule has 1 aliphatic rings. The Morgan fingerprint density at radius 1 is 1.17 bits per heavy atom. The van der Waals surface area contributed by atoms with Crippen LogP contribution in [0.4, 0.5) is 11.4 Å². The van der Waals surface area contributed by atoms with Gasteiger partial charge in [0.05, 0.1) is 12.7 Å². The molecule has 0 amide bonds. The third kappa shape index (κ3) is 3.74. The zero-order valence-electron chi connectivity index (χ0n) is 14.0. The highest BCUT2D eigenvalue weighted by Crippen LogP contribution is 2.26. The molecule has 1 fully saturated rings. The van der Waals surface area contributed by atoms with Crippen molar-refractivity contribution in [1.29, 1.82) is 0 Å². The molecule has 5 nitrogen and oxygen atoms in total. The van der Waals surface area contributed by atoms with Crippen LogP contribution in [-0.4, -0.2) is 33.7 Å². The van der Waals surface area contributed by atoms with Crippen LogP contribution < -0.4 is 9.62 Å². The summed E-state index contributed by atoms with van der Waals surface area (Å²) >= 11 is 1.27. The number of hydrogen-bond donors (Lipinski definition) is 1. The van der Waals surface area contributed by atoms with Crippen molar-refractivity contribution in [3.63, 3.8) is 0 Å². The summed E-state index contributed by atoms with van der Waals surface area (Å²) < 4.78 is 33.4. The molecule has 1 N–H and O–H groups in total. The Labute approximate surface area is 147 Å². The van der Waals surface area contributed by atoms with E-state index in [4.69, 9.17) is 4.74 Å². The van der Waals surface area contributed by atoms with Gasteiger partial charge in [0.25, 0.3) is 10.0 Å². The van der Waals surface area contributed by atoms with Gasteiger partial charge in [0, 0.05) is 28.8 Å². The molecule has 24 heavy (non-hydrogen) atoms. The summed E-state index contributed by atoms with van der Waals surface area (Å²) in [5, 5.41) is 0. The highest BCUT2D eigenvalue weighted by Gasteiger charge is 2.23. The molecule has 0 aliphatic carbocycles. The first-order valence-electron chi connectivity index (χ1n) is 7.93. The van der Waals surface area contributed by atoms with Crippen molar-refractivity contribution in [1.82, 2.24) is 0 Å². The summed E-state index contributed by atoms with van der Waals surface area (Å²) in [6, 6.07) is 11.3. The smallest absolute Gasteiger partial charge is 0.271 e. The Morgan fingerprint density at radius 3 is 2.50 bits per heavy atom. The Balaban J connectivity index is 1.75. The number of anilines is 2. The monoisotopic (exact) mass is 366 g/mol. The standard InChI is InChI=1S/C17H22N2O3S2/c1-12-11-22-13(2)10-19(12)16-7-5-15(6-8-16)18-24(20,21)17-9-4-14(3)23-17/h4-9,12-13,18H,10-11H2,1-3H3. The van der Waals surface area contributed by atoms with Crippen LogP contribution in [0.1, 0.15) is 18.7 Å². The van der Waals surface area contributed by atoms with Gasteiger partial charge in [0.2, 0.25) is 0 Å². The molecule has 2 unspecified atom stereocenters. The lowest BCUT2D eigenvalue weighted by atomic mass is 10.1. The molecule has 0 radical (unpaired) electrons. The number of aryl methyl sites for hydroxylation is 1. The van der Waals surface area contributed by atoms with Crippen molar-refractivity contribution in [3.8, 4) is 0 Å². The summed E-state index contributed by atoms with van der Waals surface area (Å²) in [7, 11) is -3.51. The maximum absolute atomic E-state index is 12.4. The van der Waals surface area contributed by atoms with Crippen molar-refractivity contribution in [2.24, 2.45) is 0 Å². The summed E-state index contributed by atoms with van der Waals surface area (Å²) in [5.74, 6) is 0. The molecule has 0 saturated carbocycles. The molecule has 2 heterocycles. The van der Waals surface area contributed by atoms with Crippen molar-refractivity contribution in [2.45, 2.75) is 37.1 Å². The van der Waals surface area contributed by atoms with E-state index >= 15 is 0 Å². The lowest BCUT2D eigenvalue weighted by molar-refractivity contribution is 0.0344. The number of ether oxygens (including phenoxy) is 1. The van der Waals surface area contributed by atoms with Gasteiger partial charge in [-0.05, 0) is 57.2 Å². The maximum atomic E-state index is 12.4. The van der Waals surface area contributed by atoms with E-state index in [1.54, 1.807) is 18.2 Å². The highest BCUT2D eigenvalue weighted by atomic mass is 32.2. The third-order valence-corrected chi connectivity index (χ3v) is 6.91. The van der Waals surface area contributed by atoms with Gasteiger partial charge >= 0.3 is 0 Å². The van der Waals surface area contributed by atoms with E-state index in [2.05, 4.69) is 23.5 Å². The molecule has 2 atom stereocenters. The predicted octanol–water partition coefficient (Wildman–Crippen LogP) is 3.47. The van der Waals surface area contributed by atoms with Crippen molar-refractivity contribution in [3.05, 3.63) is 41.3 Å². The van der Waals surface area contributed by atoms with Crippen molar-refractivity contribution >= 4 is 32.7 Å². The van der Waals surface area contributed by atoms with Gasteiger partial charge in [-0.3, -0.25) is 4.72 Å². The van der Waals surface area contributed by atoms with E-state index in [1.165, 1.54) is 11.3 Å². The Kier molecular flexibility index (Phi) is 4.85. The van der Waals surface area contributed by atoms with Crippen LogP contribution in [0.25, 0.3) is 0 Å². The van der Waals surface area contributed by atoms with Crippen LogP contribution in [0.15, 0.2) is 40.6 Å². The zero-order valence-corrected chi connectivity index (χ0v) is 15.7. The van der Waals surface area contributed by atoms with E-state index in [0.717, 1.165) is 17.1 Å². The molecule has 1 aliphatic heterocycles. The second-order valence-electron chi connectivity index (χ2n) is 6.16. The van der Waals surface area contributed by atoms with Gasteiger partial charge in [-0.25, -0.2) is 8.42 Å². The quantitative estimate of drug-likeness (QED) is 0.900. The van der Waals surface area contributed by atoms with Crippen LogP contribution in [0.3, 0.4) is 0 Å². The van der Waals surface area contributed by atoms with E-state index in [-0.39, 0.29) is 6.10 Å². The summed E-state index contributed by atoms with van der Waals surface area (Å²) in [4.78, 5) is 3.26. The molecule has 0 spiro atoms. The SMILES string of the molecule is Cc1ccc(S(=O)(=O)Nc2ccc(N3CC(C)OCC3C)cc2)s1. The van der Waals surface area contributed by atoms with Crippen molar-refractivity contribution in [2.75, 3.05) is 22.8 Å². The minimum atomic E-state index is -3.51. The average molecular weight is 367 g/mol. The van der Waals surface area contributed by atoms with Crippen LogP contribution in [0, 0.1) is 6.92 Å². The zero-order chi connectivity index (χ0) is 17.3. The van der Waals surface area contributed by atoms with E-state index in [9.17, 15) is 8.42 Å². The first-order valence-corrected chi connectivity index (χ1v) is 10.2. The number of sulfonamides is 1. The van der Waals surface area contributed by atoms with Gasteiger partial charge in [0.15, 0.2) is 0 Å². The molecule has 1 aromatic heterocycles. The van der Waals surface area contributed by atoms with Crippen molar-refractivity contribution < 1.29 is 13.2 Å². The number of benzene rings is 1. The molecule has 3 rings (SSSR count). The minimum absolute atomic E-state index is 0.196. The average Bonchev–Trinajstić information content (AvgIpc) is 2.98. The second-order valence-corrected chi connectivity index (χ2v) is 9.36. The Bertz CT molecular complexity index is 799. The molecular weight excluding hydrogens is 344 g/mol. The lowest BCUT2D eigenvalue weighted by Crippen LogP contribution is -2.47. The first kappa shape index (κ1) is 17.3. The molecule has 1 saturated heterocycles. The second kappa shape index (κ2) is 6.74. The normalized spacial score (nSPS) is 21.7. The van der Waals surface area contributed by atoms with E-state index in [1.807, 2.05) is 25.1 Å². The van der Waals surface area contributed by atoms with Crippen LogP contribution in [0.2, 0.25) is 0 Å². The largest absolute Gasteiger partial charge is 0.375 e. The van der Waals surface area contributed by atoms with Gasteiger partial charge in [-0.2, -0.15) is 0 Å². The molecule has 130 valence electrons. The number of thiophene rings is 1. The number of hydrogen-bond acceptors (Lipinski definition) is 5. The summed E-state index contributed by atoms with van der Waals surface area (Å²) in [6.45, 7) is 7.61. The van der Waals surface area contributed by atoms with Gasteiger partial charge in [0.1, 0.15) is 4.21 Å². The number of rotatable bonds is 4. The fourth-order valence-electron chi connectivity index (χ4n) is 2.75. The number of nitrogens with zero attached hydrogens (tertiary/aromatic N) is 1. The first-order chi connectivity index (χ1) is 11.3. The van der Waals surface area contributed by atoms with E-state index in [0.29, 0.717) is 22.5 Å². The van der Waals surface area contributed by atoms with E-state index < -0.39 is 10.0 Å². The molecule has 2 aromatic rings. The number of morpholine rings is 1. The highest BCUT2D eigenvalue weighted by molar-refractivity contribution is 7.94. The van der Waals surface area contributed by atoms with Gasteiger partial charge in [-0.1, -0.05) is 0 Å². The van der Waals surface area contributed by atoms with Crippen LogP contribution >= 0.6 is 11.3 Å². The number of nitrogens with one attached hydrogen (secondary N) is 1. The lowest BCUT2D eigenvalue weighted by Gasteiger charge is -2.38. The molecule has 7 heteroatoms. The topological polar surface area (TPSA) is 58.6 Å². The van der Waals surface area contributed by atoms with Gasteiger partial charge in [-0.15, -0.1) is 11.3 Å². The molecule has 0 bridgehead atoms. The summed E-state index contributed by atoms with van der Waals surface area (Å²) in [5.41, 5.74) is 1.64. The Morgan fingerprint density at radius 2 is 1.88 bits per heavy atom. The maximum Gasteiger partial charge on any atom is 0.271 e. The predicted molar refractivity (Wildman–Crippen MR) is 98.5 cm³/mol. The fourth-order valence-corrected chi connectivity index (χ4v) is 5.09.